The molecule has 2 aromatic rings. The number of carbonyl (C=O) groups excluding carboxylic acids is 1. The first kappa shape index (κ1) is 17.1. The molecule has 2 heterocycles. The summed E-state index contributed by atoms with van der Waals surface area (Å²) in [6.45, 7) is 4.35. The van der Waals surface area contributed by atoms with Crippen molar-refractivity contribution >= 4 is 33.0 Å². The van der Waals surface area contributed by atoms with Gasteiger partial charge in [-0.1, -0.05) is 0 Å². The Kier molecular flexibility index (Phi) is 4.71. The summed E-state index contributed by atoms with van der Waals surface area (Å²) in [6.07, 6.45) is 1.24. The van der Waals surface area contributed by atoms with Crippen LogP contribution in [-0.4, -0.2) is 32.4 Å². The third-order valence-corrected chi connectivity index (χ3v) is 6.26. The molecular weight excluding hydrogens is 346 g/mol. The van der Waals surface area contributed by atoms with Gasteiger partial charge in [0.1, 0.15) is 0 Å². The second-order valence-electron chi connectivity index (χ2n) is 5.72. The van der Waals surface area contributed by atoms with Crippen LogP contribution in [0.2, 0.25) is 0 Å². The minimum atomic E-state index is -3.56. The van der Waals surface area contributed by atoms with Gasteiger partial charge in [-0.15, -0.1) is 11.3 Å². The highest BCUT2D eigenvalue weighted by Gasteiger charge is 2.24. The van der Waals surface area contributed by atoms with Crippen LogP contribution in [0.15, 0.2) is 28.5 Å². The Morgan fingerprint density at radius 3 is 2.88 bits per heavy atom. The lowest BCUT2D eigenvalue weighted by Gasteiger charge is -2.15. The first-order chi connectivity index (χ1) is 11.4. The molecule has 0 unspecified atom stereocenters. The molecule has 0 atom stereocenters. The van der Waals surface area contributed by atoms with E-state index in [-0.39, 0.29) is 10.8 Å². The Morgan fingerprint density at radius 1 is 1.42 bits per heavy atom. The molecule has 128 valence electrons. The van der Waals surface area contributed by atoms with Crippen LogP contribution in [0, 0.1) is 6.92 Å². The van der Waals surface area contributed by atoms with Gasteiger partial charge in [0.25, 0.3) is 0 Å². The van der Waals surface area contributed by atoms with Crippen molar-refractivity contribution in [3.05, 3.63) is 39.8 Å². The predicted octanol–water partition coefficient (Wildman–Crippen LogP) is 1.88. The van der Waals surface area contributed by atoms with Crippen molar-refractivity contribution in [3.8, 4) is 0 Å². The molecule has 1 aromatic heterocycles. The van der Waals surface area contributed by atoms with Gasteiger partial charge in [-0.2, -0.15) is 0 Å². The Bertz CT molecular complexity index is 874. The number of rotatable bonds is 5. The number of hydrogen-bond acceptors (Lipinski definition) is 5. The fourth-order valence-corrected chi connectivity index (χ4v) is 4.52. The van der Waals surface area contributed by atoms with Crippen molar-refractivity contribution in [2.75, 3.05) is 18.0 Å². The number of aromatic nitrogens is 1. The van der Waals surface area contributed by atoms with Crippen LogP contribution in [0.3, 0.4) is 0 Å². The maximum atomic E-state index is 12.4. The fourth-order valence-electron chi connectivity index (χ4n) is 2.79. The van der Waals surface area contributed by atoms with Crippen LogP contribution in [0.5, 0.6) is 0 Å². The molecule has 1 amide bonds. The zero-order chi connectivity index (χ0) is 17.3. The number of anilines is 1. The number of nitrogens with zero attached hydrogens (tertiary/aromatic N) is 2. The minimum Gasteiger partial charge on any atom is -0.312 e. The Morgan fingerprint density at radius 2 is 2.21 bits per heavy atom. The van der Waals surface area contributed by atoms with E-state index in [0.717, 1.165) is 22.0 Å². The third kappa shape index (κ3) is 3.50. The summed E-state index contributed by atoms with van der Waals surface area (Å²) in [7, 11) is -3.56. The molecule has 24 heavy (non-hydrogen) atoms. The second kappa shape index (κ2) is 6.62. The molecule has 8 heteroatoms. The van der Waals surface area contributed by atoms with Crippen LogP contribution >= 0.6 is 11.3 Å². The van der Waals surface area contributed by atoms with E-state index in [1.165, 1.54) is 6.92 Å². The summed E-state index contributed by atoms with van der Waals surface area (Å²) < 4.78 is 27.5. The van der Waals surface area contributed by atoms with E-state index < -0.39 is 10.0 Å². The number of thiazole rings is 1. The smallest absolute Gasteiger partial charge is 0.240 e. The van der Waals surface area contributed by atoms with E-state index in [0.29, 0.717) is 25.9 Å². The lowest BCUT2D eigenvalue weighted by Crippen LogP contribution is -2.26. The molecule has 0 saturated carbocycles. The van der Waals surface area contributed by atoms with Crippen LogP contribution in [0.4, 0.5) is 5.69 Å². The first-order valence-corrected chi connectivity index (χ1v) is 10.0. The molecule has 0 fully saturated rings. The van der Waals surface area contributed by atoms with Crippen molar-refractivity contribution < 1.29 is 13.2 Å². The van der Waals surface area contributed by atoms with Crippen molar-refractivity contribution in [2.45, 2.75) is 31.6 Å². The summed E-state index contributed by atoms with van der Waals surface area (Å²) >= 11 is 1.55. The predicted molar refractivity (Wildman–Crippen MR) is 93.9 cm³/mol. The van der Waals surface area contributed by atoms with E-state index >= 15 is 0 Å². The lowest BCUT2D eigenvalue weighted by atomic mass is 10.2. The number of hydrogen-bond donors (Lipinski definition) is 1. The van der Waals surface area contributed by atoms with Crippen LogP contribution in [0.25, 0.3) is 0 Å². The molecule has 1 aromatic carbocycles. The minimum absolute atomic E-state index is 0.0268. The number of benzene rings is 1. The van der Waals surface area contributed by atoms with Crippen molar-refractivity contribution in [2.24, 2.45) is 0 Å². The Balaban J connectivity index is 1.70. The quantitative estimate of drug-likeness (QED) is 0.877. The molecule has 3 rings (SSSR count). The van der Waals surface area contributed by atoms with E-state index in [4.69, 9.17) is 0 Å². The molecule has 6 nitrogen and oxygen atoms in total. The van der Waals surface area contributed by atoms with Crippen LogP contribution in [-0.2, 0) is 27.7 Å². The molecule has 0 radical (unpaired) electrons. The lowest BCUT2D eigenvalue weighted by molar-refractivity contribution is -0.116. The van der Waals surface area contributed by atoms with Crippen molar-refractivity contribution in [3.63, 3.8) is 0 Å². The van der Waals surface area contributed by atoms with E-state index in [2.05, 4.69) is 9.71 Å². The Hall–Kier alpha value is -1.77. The van der Waals surface area contributed by atoms with Gasteiger partial charge in [0.2, 0.25) is 15.9 Å². The molecule has 0 spiro atoms. The summed E-state index contributed by atoms with van der Waals surface area (Å²) in [5.74, 6) is -0.0268. The maximum Gasteiger partial charge on any atom is 0.240 e. The normalized spacial score (nSPS) is 14.0. The third-order valence-electron chi connectivity index (χ3n) is 3.98. The van der Waals surface area contributed by atoms with Gasteiger partial charge in [-0.3, -0.25) is 4.79 Å². The van der Waals surface area contributed by atoms with Gasteiger partial charge in [0.15, 0.2) is 0 Å². The highest BCUT2D eigenvalue weighted by atomic mass is 32.2. The number of carbonyl (C=O) groups is 1. The Labute approximate surface area is 145 Å². The fraction of sp³-hybridized carbons (Fsp3) is 0.375. The average molecular weight is 365 g/mol. The largest absolute Gasteiger partial charge is 0.312 e. The average Bonchev–Trinajstić information content (AvgIpc) is 3.12. The number of aryl methyl sites for hydroxylation is 1. The molecular formula is C16H19N3O3S2. The van der Waals surface area contributed by atoms with Gasteiger partial charge >= 0.3 is 0 Å². The topological polar surface area (TPSA) is 79.4 Å². The number of amides is 1. The van der Waals surface area contributed by atoms with Crippen LogP contribution < -0.4 is 9.62 Å². The monoisotopic (exact) mass is 365 g/mol. The summed E-state index contributed by atoms with van der Waals surface area (Å²) in [6, 6.07) is 4.92. The van der Waals surface area contributed by atoms with E-state index in [9.17, 15) is 13.2 Å². The van der Waals surface area contributed by atoms with Crippen molar-refractivity contribution in [1.29, 1.82) is 0 Å². The highest BCUT2D eigenvalue weighted by molar-refractivity contribution is 7.89. The molecule has 0 bridgehead atoms. The number of sulfonamides is 1. The maximum absolute atomic E-state index is 12.4. The molecule has 1 aliphatic rings. The second-order valence-corrected chi connectivity index (χ2v) is 8.55. The van der Waals surface area contributed by atoms with Crippen LogP contribution in [0.1, 0.15) is 23.2 Å². The zero-order valence-corrected chi connectivity index (χ0v) is 15.2. The van der Waals surface area contributed by atoms with Gasteiger partial charge < -0.3 is 4.90 Å². The van der Waals surface area contributed by atoms with E-state index in [1.54, 1.807) is 34.4 Å². The summed E-state index contributed by atoms with van der Waals surface area (Å²) in [4.78, 5) is 17.8. The first-order valence-electron chi connectivity index (χ1n) is 7.68. The van der Waals surface area contributed by atoms with Crippen molar-refractivity contribution in [1.82, 2.24) is 9.71 Å². The van der Waals surface area contributed by atoms with Gasteiger partial charge in [-0.05, 0) is 37.1 Å². The standard InChI is InChI=1S/C16H19N3O3S2/c1-11-18-14(10-23-11)5-7-17-24(21,22)15-3-4-16-13(9-15)6-8-19(16)12(2)20/h3-4,9-10,17H,5-8H2,1-2H3. The number of fused-ring (bicyclic) bond motifs is 1. The van der Waals surface area contributed by atoms with Gasteiger partial charge in [0, 0.05) is 37.5 Å². The molecule has 1 aliphatic heterocycles. The number of nitrogens with one attached hydrogen (secondary N) is 1. The highest BCUT2D eigenvalue weighted by Crippen LogP contribution is 2.30. The van der Waals surface area contributed by atoms with E-state index in [1.807, 2.05) is 12.3 Å². The van der Waals surface area contributed by atoms with Gasteiger partial charge in [-0.25, -0.2) is 18.1 Å². The molecule has 0 aliphatic carbocycles. The SMILES string of the molecule is CC(=O)N1CCc2cc(S(=O)(=O)NCCc3csc(C)n3)ccc21. The summed E-state index contributed by atoms with van der Waals surface area (Å²) in [5.41, 5.74) is 2.59. The van der Waals surface area contributed by atoms with Gasteiger partial charge in [0.05, 0.1) is 15.6 Å². The summed E-state index contributed by atoms with van der Waals surface area (Å²) in [5, 5.41) is 2.91. The molecule has 0 saturated heterocycles. The zero-order valence-electron chi connectivity index (χ0n) is 13.6. The molecule has 1 N–H and O–H groups in total.